The molecule has 1 atom stereocenters. The molecule has 0 fully saturated rings. The normalized spacial score (nSPS) is 12.6. The molecule has 0 saturated heterocycles. The first kappa shape index (κ1) is 12.2. The Morgan fingerprint density at radius 3 is 2.82 bits per heavy atom. The molecule has 2 rings (SSSR count). The highest BCUT2D eigenvalue weighted by Crippen LogP contribution is 2.16. The summed E-state index contributed by atoms with van der Waals surface area (Å²) >= 11 is 1.34. The Kier molecular flexibility index (Phi) is 3.83. The van der Waals surface area contributed by atoms with Gasteiger partial charge in [-0.3, -0.25) is 0 Å². The van der Waals surface area contributed by atoms with Gasteiger partial charge in [0.2, 0.25) is 0 Å². The molecule has 0 aliphatic heterocycles. The molecule has 4 N–H and O–H groups in total. The summed E-state index contributed by atoms with van der Waals surface area (Å²) in [7, 11) is 0. The number of hydrogen-bond donors (Lipinski definition) is 2. The minimum atomic E-state index is -0.196. The van der Waals surface area contributed by atoms with Crippen LogP contribution in [0.2, 0.25) is 0 Å². The molecule has 1 unspecified atom stereocenters. The van der Waals surface area contributed by atoms with Crippen LogP contribution in [0.5, 0.6) is 0 Å². The molecule has 0 radical (unpaired) electrons. The van der Waals surface area contributed by atoms with Gasteiger partial charge in [-0.1, -0.05) is 24.3 Å². The van der Waals surface area contributed by atoms with Gasteiger partial charge in [0.1, 0.15) is 10.8 Å². The Morgan fingerprint density at radius 1 is 1.35 bits per heavy atom. The molecule has 0 bridgehead atoms. The van der Waals surface area contributed by atoms with Gasteiger partial charge in [0.05, 0.1) is 6.04 Å². The summed E-state index contributed by atoms with van der Waals surface area (Å²) < 4.78 is 4.32. The molecule has 1 heterocycles. The van der Waals surface area contributed by atoms with Crippen LogP contribution in [0.1, 0.15) is 28.0 Å². The number of aromatic nitrogens is 2. The zero-order valence-electron chi connectivity index (χ0n) is 9.76. The Labute approximate surface area is 105 Å². The topological polar surface area (TPSA) is 77.8 Å². The zero-order chi connectivity index (χ0) is 12.3. The molecule has 1 aromatic carbocycles. The fourth-order valence-corrected chi connectivity index (χ4v) is 2.25. The SMILES string of the molecule is Cc1ccccc1Cc1nsc(C(N)CN)n1. The van der Waals surface area contributed by atoms with E-state index in [-0.39, 0.29) is 6.04 Å². The van der Waals surface area contributed by atoms with Crippen molar-refractivity contribution in [2.75, 3.05) is 6.54 Å². The Morgan fingerprint density at radius 2 is 2.12 bits per heavy atom. The van der Waals surface area contributed by atoms with Crippen molar-refractivity contribution in [2.24, 2.45) is 11.5 Å². The summed E-state index contributed by atoms with van der Waals surface area (Å²) in [4.78, 5) is 4.42. The van der Waals surface area contributed by atoms with E-state index in [1.54, 1.807) is 0 Å². The van der Waals surface area contributed by atoms with Gasteiger partial charge in [-0.05, 0) is 29.6 Å². The van der Waals surface area contributed by atoms with E-state index in [9.17, 15) is 0 Å². The maximum Gasteiger partial charge on any atom is 0.147 e. The van der Waals surface area contributed by atoms with Crippen molar-refractivity contribution >= 4 is 11.5 Å². The lowest BCUT2D eigenvalue weighted by atomic mass is 10.1. The number of aryl methyl sites for hydroxylation is 1. The molecule has 0 saturated carbocycles. The monoisotopic (exact) mass is 248 g/mol. The highest BCUT2D eigenvalue weighted by Gasteiger charge is 2.11. The number of hydrogen-bond acceptors (Lipinski definition) is 5. The average Bonchev–Trinajstić information content (AvgIpc) is 2.80. The third kappa shape index (κ3) is 2.88. The first-order chi connectivity index (χ1) is 8.20. The molecule has 0 aliphatic rings. The summed E-state index contributed by atoms with van der Waals surface area (Å²) in [5, 5.41) is 0.816. The van der Waals surface area contributed by atoms with Crippen LogP contribution in [0.3, 0.4) is 0 Å². The molecule has 17 heavy (non-hydrogen) atoms. The average molecular weight is 248 g/mol. The molecule has 90 valence electrons. The van der Waals surface area contributed by atoms with Crippen LogP contribution >= 0.6 is 11.5 Å². The lowest BCUT2D eigenvalue weighted by Crippen LogP contribution is -2.20. The predicted octanol–water partition coefficient (Wildman–Crippen LogP) is 1.40. The minimum Gasteiger partial charge on any atom is -0.329 e. The van der Waals surface area contributed by atoms with Crippen molar-refractivity contribution in [3.8, 4) is 0 Å². The standard InChI is InChI=1S/C12H16N4S/c1-8-4-2-3-5-9(8)6-11-15-12(17-16-11)10(14)7-13/h2-5,10H,6-7,13-14H2,1H3. The second-order valence-electron chi connectivity index (χ2n) is 3.99. The lowest BCUT2D eigenvalue weighted by Gasteiger charge is -2.03. The Bertz CT molecular complexity index is 495. The minimum absolute atomic E-state index is 0.196. The van der Waals surface area contributed by atoms with E-state index in [2.05, 4.69) is 28.4 Å². The third-order valence-corrected chi connectivity index (χ3v) is 3.55. The van der Waals surface area contributed by atoms with E-state index < -0.39 is 0 Å². The number of benzene rings is 1. The lowest BCUT2D eigenvalue weighted by molar-refractivity contribution is 0.725. The van der Waals surface area contributed by atoms with Crippen molar-refractivity contribution in [3.63, 3.8) is 0 Å². The summed E-state index contributed by atoms with van der Waals surface area (Å²) in [5.41, 5.74) is 13.8. The van der Waals surface area contributed by atoms with Crippen molar-refractivity contribution in [1.82, 2.24) is 9.36 Å². The summed E-state index contributed by atoms with van der Waals surface area (Å²) in [6, 6.07) is 8.05. The first-order valence-corrected chi connectivity index (χ1v) is 6.30. The maximum atomic E-state index is 5.81. The van der Waals surface area contributed by atoms with E-state index in [0.29, 0.717) is 6.54 Å². The largest absolute Gasteiger partial charge is 0.329 e. The van der Waals surface area contributed by atoms with Crippen molar-refractivity contribution in [1.29, 1.82) is 0 Å². The van der Waals surface area contributed by atoms with Gasteiger partial charge in [-0.15, -0.1) is 0 Å². The van der Waals surface area contributed by atoms with Gasteiger partial charge < -0.3 is 11.5 Å². The van der Waals surface area contributed by atoms with Gasteiger partial charge in [-0.2, -0.15) is 4.37 Å². The van der Waals surface area contributed by atoms with Crippen LogP contribution in [0, 0.1) is 6.92 Å². The number of rotatable bonds is 4. The highest BCUT2D eigenvalue weighted by molar-refractivity contribution is 7.05. The number of nitrogens with zero attached hydrogens (tertiary/aromatic N) is 2. The summed E-state index contributed by atoms with van der Waals surface area (Å²) in [6.45, 7) is 2.49. The summed E-state index contributed by atoms with van der Waals surface area (Å²) in [6.07, 6.45) is 0.750. The summed E-state index contributed by atoms with van der Waals surface area (Å²) in [5.74, 6) is 0.822. The molecule has 2 aromatic rings. The first-order valence-electron chi connectivity index (χ1n) is 5.53. The van der Waals surface area contributed by atoms with Crippen LogP contribution in [-0.2, 0) is 6.42 Å². The molecular formula is C12H16N4S. The molecule has 0 aliphatic carbocycles. The molecule has 4 nitrogen and oxygen atoms in total. The van der Waals surface area contributed by atoms with Crippen LogP contribution in [0.25, 0.3) is 0 Å². The molecule has 5 heteroatoms. The molecule has 0 amide bonds. The Balaban J connectivity index is 2.14. The molecule has 0 spiro atoms. The zero-order valence-corrected chi connectivity index (χ0v) is 10.6. The van der Waals surface area contributed by atoms with E-state index in [1.165, 1.54) is 22.7 Å². The van der Waals surface area contributed by atoms with Gasteiger partial charge in [0.15, 0.2) is 0 Å². The maximum absolute atomic E-state index is 5.81. The van der Waals surface area contributed by atoms with Crippen LogP contribution in [0.15, 0.2) is 24.3 Å². The second kappa shape index (κ2) is 5.35. The molecule has 1 aromatic heterocycles. The second-order valence-corrected chi connectivity index (χ2v) is 4.78. The van der Waals surface area contributed by atoms with Gasteiger partial charge >= 0.3 is 0 Å². The fourth-order valence-electron chi connectivity index (χ4n) is 1.57. The van der Waals surface area contributed by atoms with Crippen LogP contribution in [-0.4, -0.2) is 15.9 Å². The van der Waals surface area contributed by atoms with Gasteiger partial charge in [-0.25, -0.2) is 4.98 Å². The third-order valence-electron chi connectivity index (χ3n) is 2.66. The van der Waals surface area contributed by atoms with E-state index in [4.69, 9.17) is 11.5 Å². The molecular weight excluding hydrogens is 232 g/mol. The van der Waals surface area contributed by atoms with E-state index in [1.807, 2.05) is 12.1 Å². The fraction of sp³-hybridized carbons (Fsp3) is 0.333. The van der Waals surface area contributed by atoms with Crippen molar-refractivity contribution < 1.29 is 0 Å². The van der Waals surface area contributed by atoms with Crippen LogP contribution < -0.4 is 11.5 Å². The Hall–Kier alpha value is -1.30. The quantitative estimate of drug-likeness (QED) is 0.857. The smallest absolute Gasteiger partial charge is 0.147 e. The van der Waals surface area contributed by atoms with E-state index in [0.717, 1.165) is 17.3 Å². The van der Waals surface area contributed by atoms with Crippen molar-refractivity contribution in [3.05, 3.63) is 46.2 Å². The van der Waals surface area contributed by atoms with E-state index >= 15 is 0 Å². The highest BCUT2D eigenvalue weighted by atomic mass is 32.1. The predicted molar refractivity (Wildman–Crippen MR) is 69.9 cm³/mol. The van der Waals surface area contributed by atoms with Gasteiger partial charge in [0, 0.05) is 13.0 Å². The van der Waals surface area contributed by atoms with Crippen molar-refractivity contribution in [2.45, 2.75) is 19.4 Å². The van der Waals surface area contributed by atoms with Gasteiger partial charge in [0.25, 0.3) is 0 Å². The number of nitrogens with two attached hydrogens (primary N) is 2. The van der Waals surface area contributed by atoms with Crippen LogP contribution in [0.4, 0.5) is 0 Å².